The van der Waals surface area contributed by atoms with Gasteiger partial charge >= 0.3 is 12.1 Å². The summed E-state index contributed by atoms with van der Waals surface area (Å²) in [4.78, 5) is 85.4. The number of carbonyl (C=O) groups excluding carboxylic acids is 6. The topological polar surface area (TPSA) is 214 Å². The molecule has 0 aromatic heterocycles. The van der Waals surface area contributed by atoms with Gasteiger partial charge in [-0.1, -0.05) is 71.1 Å². The lowest BCUT2D eigenvalue weighted by Crippen LogP contribution is -2.61. The predicted octanol–water partition coefficient (Wildman–Crippen LogP) is 8.58. The van der Waals surface area contributed by atoms with Crippen molar-refractivity contribution >= 4 is 41.0 Å². The third-order valence-electron chi connectivity index (χ3n) is 15.8. The Morgan fingerprint density at radius 1 is 0.867 bits per heavy atom. The lowest BCUT2D eigenvalue weighted by atomic mass is 9.78. The second-order valence-electron chi connectivity index (χ2n) is 21.6. The summed E-state index contributed by atoms with van der Waals surface area (Å²) in [5.74, 6) is -9.00. The number of benzene rings is 1. The maximum atomic E-state index is 14.6. The van der Waals surface area contributed by atoms with E-state index in [0.717, 1.165) is 5.57 Å². The molecule has 1 saturated carbocycles. The fraction of sp³-hybridized carbons (Fsp3) is 0.655. The van der Waals surface area contributed by atoms with Crippen molar-refractivity contribution in [3.8, 4) is 0 Å². The van der Waals surface area contributed by atoms with E-state index in [1.54, 1.807) is 40.9 Å². The predicted molar refractivity (Wildman–Crippen MR) is 279 cm³/mol. The van der Waals surface area contributed by atoms with Gasteiger partial charge in [0.05, 0.1) is 18.3 Å². The molecule has 0 radical (unpaired) electrons. The molecule has 1 aliphatic carbocycles. The number of amides is 2. The van der Waals surface area contributed by atoms with Crippen molar-refractivity contribution in [2.24, 2.45) is 35.5 Å². The van der Waals surface area contributed by atoms with Crippen LogP contribution >= 0.6 is 0 Å². The zero-order valence-corrected chi connectivity index (χ0v) is 45.7. The number of methoxy groups -OCH3 is 3. The first-order valence-corrected chi connectivity index (χ1v) is 26.8. The highest BCUT2D eigenvalue weighted by atomic mass is 19.1. The molecule has 3 aliphatic heterocycles. The zero-order chi connectivity index (χ0) is 55.1. The maximum absolute atomic E-state index is 14.6. The van der Waals surface area contributed by atoms with Crippen LogP contribution in [-0.2, 0) is 52.4 Å². The number of ketones is 3. The normalized spacial score (nSPS) is 36.4. The Labute approximate surface area is 442 Å². The van der Waals surface area contributed by atoms with Gasteiger partial charge in [-0.15, -0.1) is 0 Å². The van der Waals surface area contributed by atoms with Gasteiger partial charge in [-0.2, -0.15) is 0 Å². The molecule has 75 heavy (non-hydrogen) atoms. The van der Waals surface area contributed by atoms with Crippen LogP contribution < -0.4 is 5.32 Å². The lowest BCUT2D eigenvalue weighted by molar-refractivity contribution is -0.265. The summed E-state index contributed by atoms with van der Waals surface area (Å²) in [6.45, 7) is 12.6. The first-order valence-electron chi connectivity index (χ1n) is 26.8. The monoisotopic (exact) mass is 1050 g/mol. The van der Waals surface area contributed by atoms with Crippen LogP contribution in [-0.4, -0.2) is 133 Å². The average molecular weight is 1050 g/mol. The number of piperidine rings is 1. The number of cyclic esters (lactones) is 1. The Balaban J connectivity index is 1.43. The summed E-state index contributed by atoms with van der Waals surface area (Å²) in [6, 6.07) is 4.10. The quantitative estimate of drug-likeness (QED) is 0.126. The first-order chi connectivity index (χ1) is 35.6. The molecular weight excluding hydrogens is 968 g/mol. The average Bonchev–Trinajstić information content (AvgIpc) is 3.38. The molecule has 2 bridgehead atoms. The number of aliphatic hydroxyl groups excluding tert-OH is 1. The van der Waals surface area contributed by atoms with Crippen LogP contribution in [0.15, 0.2) is 71.9 Å². The molecule has 1 aromatic rings. The second-order valence-corrected chi connectivity index (χ2v) is 21.6. The minimum absolute atomic E-state index is 0.00601. The highest BCUT2D eigenvalue weighted by molar-refractivity contribution is 6.39. The number of allylic oxidation sites excluding steroid dienone is 6. The van der Waals surface area contributed by atoms with Crippen molar-refractivity contribution in [2.75, 3.05) is 33.2 Å². The molecule has 16 nitrogen and oxygen atoms in total. The summed E-state index contributed by atoms with van der Waals surface area (Å²) < 4.78 is 49.0. The van der Waals surface area contributed by atoms with E-state index < -0.39 is 108 Å². The van der Waals surface area contributed by atoms with Crippen molar-refractivity contribution in [1.29, 1.82) is 0 Å². The third-order valence-corrected chi connectivity index (χ3v) is 15.8. The van der Waals surface area contributed by atoms with Gasteiger partial charge in [0.2, 0.25) is 5.79 Å². The summed E-state index contributed by atoms with van der Waals surface area (Å²) >= 11 is 0. The molecule has 416 valence electrons. The number of ether oxygens (including phenoxy) is 6. The summed E-state index contributed by atoms with van der Waals surface area (Å²) in [6.07, 6.45) is 9.32. The molecule has 3 fully saturated rings. The highest BCUT2D eigenvalue weighted by Gasteiger charge is 2.53. The van der Waals surface area contributed by atoms with Gasteiger partial charge in [0, 0.05) is 64.2 Å². The minimum atomic E-state index is -2.47. The van der Waals surface area contributed by atoms with Gasteiger partial charge < -0.3 is 43.5 Å². The van der Waals surface area contributed by atoms with E-state index in [2.05, 4.69) is 5.32 Å². The molecule has 3 heterocycles. The van der Waals surface area contributed by atoms with E-state index in [4.69, 9.17) is 28.4 Å². The number of anilines is 1. The van der Waals surface area contributed by atoms with Gasteiger partial charge in [-0.3, -0.25) is 24.5 Å². The molecule has 5 rings (SSSR count). The molecule has 15 atom stereocenters. The Morgan fingerprint density at radius 2 is 1.59 bits per heavy atom. The number of carbonyl (C=O) groups is 6. The lowest BCUT2D eigenvalue weighted by Gasteiger charge is -2.42. The number of Topliss-reactive ketones (excluding diaryl/α,β-unsaturated/α-hetero) is 3. The van der Waals surface area contributed by atoms with Crippen LogP contribution in [0.1, 0.15) is 126 Å². The number of esters is 1. The number of nitrogens with one attached hydrogen (secondary N) is 1. The van der Waals surface area contributed by atoms with E-state index in [1.165, 1.54) is 43.4 Å². The minimum Gasteiger partial charge on any atom is -0.460 e. The number of halogens is 1. The molecule has 1 aromatic carbocycles. The fourth-order valence-corrected chi connectivity index (χ4v) is 11.1. The molecule has 2 amide bonds. The van der Waals surface area contributed by atoms with Gasteiger partial charge in [0.25, 0.3) is 11.7 Å². The first kappa shape index (κ1) is 60.9. The molecule has 0 unspecified atom stereocenters. The van der Waals surface area contributed by atoms with Crippen LogP contribution in [0.3, 0.4) is 0 Å². The van der Waals surface area contributed by atoms with Crippen molar-refractivity contribution in [1.82, 2.24) is 4.90 Å². The largest absolute Gasteiger partial charge is 0.460 e. The summed E-state index contributed by atoms with van der Waals surface area (Å²) in [7, 11) is 4.46. The van der Waals surface area contributed by atoms with Crippen LogP contribution in [0.5, 0.6) is 0 Å². The second kappa shape index (κ2) is 28.5. The maximum Gasteiger partial charge on any atom is 0.411 e. The molecule has 4 aliphatic rings. The Bertz CT molecular complexity index is 2250. The van der Waals surface area contributed by atoms with Gasteiger partial charge in [0.15, 0.2) is 5.78 Å². The van der Waals surface area contributed by atoms with Gasteiger partial charge in [-0.25, -0.2) is 14.0 Å². The highest BCUT2D eigenvalue weighted by Crippen LogP contribution is 2.38. The Kier molecular flexibility index (Phi) is 23.1. The SMILES string of the molecule is CO[C@H]1C[C@@H]2CC[C@@H](C)[C@@](O)(O2)C(=O)C(=O)N2CCCC[C@H]2C(=O)O[C@H]([C@H](C)C[C@@H]2CC[C@@H](OC(=O)Nc3ccc(F)cc3)[C@H](OC)C2)CC(=O)[C@H](C)/C=C(\C)[C@@H](O)[C@@H](OC)C(=O)[C@H](C)C[C@H](C)\C=C/C=C/C=C/1C. The number of rotatable bonds is 8. The molecular formula is C58H83FN2O14. The van der Waals surface area contributed by atoms with Crippen LogP contribution in [0.2, 0.25) is 0 Å². The van der Waals surface area contributed by atoms with E-state index >= 15 is 0 Å². The number of hydrogen-bond donors (Lipinski definition) is 3. The summed E-state index contributed by atoms with van der Waals surface area (Å²) in [5.41, 5.74) is 1.58. The van der Waals surface area contributed by atoms with Gasteiger partial charge in [-0.05, 0) is 131 Å². The molecule has 3 N–H and O–H groups in total. The van der Waals surface area contributed by atoms with Crippen molar-refractivity contribution in [3.05, 3.63) is 77.7 Å². The molecule has 0 spiro atoms. The van der Waals surface area contributed by atoms with E-state index in [-0.39, 0.29) is 42.8 Å². The van der Waals surface area contributed by atoms with E-state index in [9.17, 15) is 43.4 Å². The smallest absolute Gasteiger partial charge is 0.411 e. The van der Waals surface area contributed by atoms with Crippen LogP contribution in [0.25, 0.3) is 0 Å². The summed E-state index contributed by atoms with van der Waals surface area (Å²) in [5, 5.41) is 26.2. The van der Waals surface area contributed by atoms with Crippen molar-refractivity contribution in [2.45, 2.75) is 180 Å². The number of nitrogens with zero attached hydrogens (tertiary/aromatic N) is 1. The molecule has 2 saturated heterocycles. The van der Waals surface area contributed by atoms with E-state index in [0.29, 0.717) is 75.5 Å². The van der Waals surface area contributed by atoms with Crippen molar-refractivity contribution < 1.29 is 71.8 Å². The fourth-order valence-electron chi connectivity index (χ4n) is 11.1. The van der Waals surface area contributed by atoms with Gasteiger partial charge in [0.1, 0.15) is 42.1 Å². The standard InChI is InChI=1S/C58H83FN2O14/c1-34-16-12-11-13-17-35(2)48(70-8)32-44-25-19-40(7)58(69,75-44)54(65)55(66)61-27-15-14-18-45(61)56(67)73-49(33-46(62)36(3)29-39(6)52(64)53(72-10)51(63)38(5)28-34)37(4)30-41-20-26-47(50(31-41)71-9)74-57(68)60-43-23-21-42(59)22-24-43/h11-13,16-17,21-24,29,34,36-38,40-41,44-45,47-50,52-53,64,69H,14-15,18-20,25-28,30-33H2,1-10H3,(H,60,68)/b13-11+,16-12-,35-17+,39-29+/t34-,36-,37-,38-,40-,41+,44+,45+,47-,48+,49+,50-,52-,53+,58-/m1/s1. The zero-order valence-electron chi connectivity index (χ0n) is 45.7. The van der Waals surface area contributed by atoms with Crippen molar-refractivity contribution in [3.63, 3.8) is 0 Å². The van der Waals surface area contributed by atoms with E-state index in [1.807, 2.05) is 51.2 Å². The molecule has 17 heteroatoms. The number of hydrogen-bond acceptors (Lipinski definition) is 14. The number of fused-ring (bicyclic) bond motifs is 3. The Hall–Kier alpha value is -4.91. The number of aliphatic hydroxyl groups is 2. The van der Waals surface area contributed by atoms with Crippen LogP contribution in [0, 0.1) is 41.3 Å². The van der Waals surface area contributed by atoms with Crippen LogP contribution in [0.4, 0.5) is 14.9 Å². The third kappa shape index (κ3) is 16.5. The Morgan fingerprint density at radius 3 is 2.27 bits per heavy atom.